The first-order valence-electron chi connectivity index (χ1n) is 5.68. The maximum Gasteiger partial charge on any atom is 0.338 e. The summed E-state index contributed by atoms with van der Waals surface area (Å²) in [7, 11) is 1.43. The van der Waals surface area contributed by atoms with E-state index in [-0.39, 0.29) is 5.97 Å². The lowest BCUT2D eigenvalue weighted by Crippen LogP contribution is -2.13. The molecule has 86 valence electrons. The molecule has 2 rings (SSSR count). The highest BCUT2D eigenvalue weighted by Gasteiger charge is 2.18. The molecule has 0 unspecified atom stereocenters. The molecule has 0 amide bonds. The van der Waals surface area contributed by atoms with Crippen molar-refractivity contribution in [1.82, 2.24) is 5.32 Å². The molecule has 1 aliphatic rings. The van der Waals surface area contributed by atoms with E-state index in [1.165, 1.54) is 13.5 Å². The summed E-state index contributed by atoms with van der Waals surface area (Å²) in [6.07, 6.45) is 2.15. The third-order valence-corrected chi connectivity index (χ3v) is 3.09. The lowest BCUT2D eigenvalue weighted by atomic mass is 9.95. The van der Waals surface area contributed by atoms with Crippen LogP contribution in [0.25, 0.3) is 0 Å². The molecule has 1 saturated heterocycles. The molecule has 1 atom stereocenters. The van der Waals surface area contributed by atoms with Crippen molar-refractivity contribution in [2.75, 3.05) is 20.2 Å². The summed E-state index contributed by atoms with van der Waals surface area (Å²) in [6, 6.07) is 7.71. The number of hydrogen-bond donors (Lipinski definition) is 1. The summed E-state index contributed by atoms with van der Waals surface area (Å²) in [4.78, 5) is 11.6. The fraction of sp³-hybridized carbons (Fsp3) is 0.462. The Balaban J connectivity index is 2.15. The second-order valence-corrected chi connectivity index (χ2v) is 4.21. The van der Waals surface area contributed by atoms with Crippen molar-refractivity contribution in [3.05, 3.63) is 35.4 Å². The first-order valence-corrected chi connectivity index (χ1v) is 5.68. The van der Waals surface area contributed by atoms with Gasteiger partial charge in [-0.25, -0.2) is 4.79 Å². The van der Waals surface area contributed by atoms with Crippen LogP contribution in [0.4, 0.5) is 0 Å². The summed E-state index contributed by atoms with van der Waals surface area (Å²) >= 11 is 0. The Morgan fingerprint density at radius 1 is 1.50 bits per heavy atom. The van der Waals surface area contributed by atoms with Gasteiger partial charge in [0.1, 0.15) is 0 Å². The number of benzene rings is 1. The molecule has 0 bridgehead atoms. The number of methoxy groups -OCH3 is 1. The lowest BCUT2D eigenvalue weighted by molar-refractivity contribution is 0.0599. The molecule has 1 aromatic carbocycles. The van der Waals surface area contributed by atoms with E-state index in [1.54, 1.807) is 0 Å². The van der Waals surface area contributed by atoms with Gasteiger partial charge in [0, 0.05) is 0 Å². The molecule has 1 aromatic rings. The van der Waals surface area contributed by atoms with Gasteiger partial charge in [0.15, 0.2) is 0 Å². The van der Waals surface area contributed by atoms with Crippen molar-refractivity contribution in [2.45, 2.75) is 12.8 Å². The zero-order valence-electron chi connectivity index (χ0n) is 9.53. The van der Waals surface area contributed by atoms with Crippen LogP contribution in [0, 0.1) is 5.92 Å². The molecule has 0 saturated carbocycles. The first kappa shape index (κ1) is 11.1. The van der Waals surface area contributed by atoms with Crippen LogP contribution in [0.15, 0.2) is 24.3 Å². The van der Waals surface area contributed by atoms with Crippen molar-refractivity contribution < 1.29 is 9.53 Å². The molecule has 0 radical (unpaired) electrons. The van der Waals surface area contributed by atoms with Gasteiger partial charge in [0.25, 0.3) is 0 Å². The van der Waals surface area contributed by atoms with Crippen LogP contribution in [0.5, 0.6) is 0 Å². The molecular weight excluding hydrogens is 202 g/mol. The highest BCUT2D eigenvalue weighted by Crippen LogP contribution is 2.18. The Morgan fingerprint density at radius 3 is 3.00 bits per heavy atom. The maximum absolute atomic E-state index is 11.6. The largest absolute Gasteiger partial charge is 0.465 e. The van der Waals surface area contributed by atoms with Crippen molar-refractivity contribution in [3.63, 3.8) is 0 Å². The van der Waals surface area contributed by atoms with Crippen LogP contribution in [-0.4, -0.2) is 26.2 Å². The molecule has 3 nitrogen and oxygen atoms in total. The maximum atomic E-state index is 11.6. The number of esters is 1. The highest BCUT2D eigenvalue weighted by atomic mass is 16.5. The molecule has 1 N–H and O–H groups in total. The third kappa shape index (κ3) is 2.42. The van der Waals surface area contributed by atoms with Crippen molar-refractivity contribution in [3.8, 4) is 0 Å². The smallest absolute Gasteiger partial charge is 0.338 e. The fourth-order valence-corrected chi connectivity index (χ4v) is 2.21. The predicted molar refractivity (Wildman–Crippen MR) is 62.5 cm³/mol. The van der Waals surface area contributed by atoms with Crippen LogP contribution in [0.1, 0.15) is 22.3 Å². The molecule has 3 heteroatoms. The first-order chi connectivity index (χ1) is 7.81. The van der Waals surface area contributed by atoms with Gasteiger partial charge in [-0.15, -0.1) is 0 Å². The van der Waals surface area contributed by atoms with Crippen LogP contribution < -0.4 is 5.32 Å². The van der Waals surface area contributed by atoms with E-state index in [0.29, 0.717) is 11.5 Å². The lowest BCUT2D eigenvalue weighted by Gasteiger charge is -2.11. The van der Waals surface area contributed by atoms with Gasteiger partial charge in [0.2, 0.25) is 0 Å². The minimum Gasteiger partial charge on any atom is -0.465 e. The van der Waals surface area contributed by atoms with E-state index >= 15 is 0 Å². The van der Waals surface area contributed by atoms with Crippen molar-refractivity contribution >= 4 is 5.97 Å². The van der Waals surface area contributed by atoms with E-state index in [0.717, 1.165) is 25.1 Å². The van der Waals surface area contributed by atoms with Crippen molar-refractivity contribution in [2.24, 2.45) is 5.92 Å². The average molecular weight is 219 g/mol. The number of carbonyl (C=O) groups is 1. The minimum absolute atomic E-state index is 0.235. The molecule has 1 aliphatic heterocycles. The van der Waals surface area contributed by atoms with Crippen LogP contribution in [0.2, 0.25) is 0 Å². The SMILES string of the molecule is COC(=O)c1ccccc1C[C@@H]1CCNC1. The quantitative estimate of drug-likeness (QED) is 0.785. The predicted octanol–water partition coefficient (Wildman–Crippen LogP) is 1.63. The van der Waals surface area contributed by atoms with E-state index in [9.17, 15) is 4.79 Å². The summed E-state index contributed by atoms with van der Waals surface area (Å²) < 4.78 is 4.79. The topological polar surface area (TPSA) is 38.3 Å². The van der Waals surface area contributed by atoms with E-state index in [2.05, 4.69) is 5.32 Å². The number of carbonyl (C=O) groups excluding carboxylic acids is 1. The van der Waals surface area contributed by atoms with Crippen LogP contribution in [0.3, 0.4) is 0 Å². The van der Waals surface area contributed by atoms with Gasteiger partial charge in [-0.3, -0.25) is 0 Å². The number of rotatable bonds is 3. The van der Waals surface area contributed by atoms with Gasteiger partial charge in [-0.2, -0.15) is 0 Å². The zero-order chi connectivity index (χ0) is 11.4. The summed E-state index contributed by atoms with van der Waals surface area (Å²) in [5.74, 6) is 0.410. The van der Waals surface area contributed by atoms with E-state index in [1.807, 2.05) is 24.3 Å². The van der Waals surface area contributed by atoms with E-state index in [4.69, 9.17) is 4.74 Å². The van der Waals surface area contributed by atoms with Gasteiger partial charge >= 0.3 is 5.97 Å². The highest BCUT2D eigenvalue weighted by molar-refractivity contribution is 5.90. The number of nitrogens with one attached hydrogen (secondary N) is 1. The number of hydrogen-bond acceptors (Lipinski definition) is 3. The monoisotopic (exact) mass is 219 g/mol. The molecule has 0 aliphatic carbocycles. The Labute approximate surface area is 95.8 Å². The summed E-state index contributed by atoms with van der Waals surface area (Å²) in [5, 5.41) is 3.34. The fourth-order valence-electron chi connectivity index (χ4n) is 2.21. The third-order valence-electron chi connectivity index (χ3n) is 3.09. The van der Waals surface area contributed by atoms with Gasteiger partial charge in [0.05, 0.1) is 12.7 Å². The molecule has 1 heterocycles. The Kier molecular flexibility index (Phi) is 3.57. The molecule has 0 spiro atoms. The molecule has 16 heavy (non-hydrogen) atoms. The normalized spacial score (nSPS) is 19.7. The molecule has 1 fully saturated rings. The Morgan fingerprint density at radius 2 is 2.31 bits per heavy atom. The Hall–Kier alpha value is -1.35. The zero-order valence-corrected chi connectivity index (χ0v) is 9.53. The summed E-state index contributed by atoms with van der Waals surface area (Å²) in [5.41, 5.74) is 1.81. The molecule has 0 aromatic heterocycles. The standard InChI is InChI=1S/C13H17NO2/c1-16-13(15)12-5-3-2-4-11(12)8-10-6-7-14-9-10/h2-5,10,14H,6-9H2,1H3/t10-/m0/s1. The summed E-state index contributed by atoms with van der Waals surface area (Å²) in [6.45, 7) is 2.14. The second kappa shape index (κ2) is 5.12. The minimum atomic E-state index is -0.235. The van der Waals surface area contributed by atoms with E-state index < -0.39 is 0 Å². The average Bonchev–Trinajstić information content (AvgIpc) is 2.82. The second-order valence-electron chi connectivity index (χ2n) is 4.21. The van der Waals surface area contributed by atoms with Crippen LogP contribution in [-0.2, 0) is 11.2 Å². The van der Waals surface area contributed by atoms with Crippen LogP contribution >= 0.6 is 0 Å². The number of ether oxygens (including phenoxy) is 1. The van der Waals surface area contributed by atoms with Gasteiger partial charge < -0.3 is 10.1 Å². The molecular formula is C13H17NO2. The van der Waals surface area contributed by atoms with Gasteiger partial charge in [-0.05, 0) is 43.5 Å². The Bertz CT molecular complexity index is 370. The van der Waals surface area contributed by atoms with Gasteiger partial charge in [-0.1, -0.05) is 18.2 Å². The van der Waals surface area contributed by atoms with Crippen molar-refractivity contribution in [1.29, 1.82) is 0 Å².